The zero-order valence-electron chi connectivity index (χ0n) is 20.8. The summed E-state index contributed by atoms with van der Waals surface area (Å²) < 4.78 is 15.4. The molecule has 0 saturated carbocycles. The Morgan fingerprint density at radius 2 is 1.35 bits per heavy atom. The Kier molecular flexibility index (Phi) is 14.1. The lowest BCUT2D eigenvalue weighted by atomic mass is 9.97. The van der Waals surface area contributed by atoms with Gasteiger partial charge in [0.1, 0.15) is 0 Å². The van der Waals surface area contributed by atoms with Crippen molar-refractivity contribution in [3.05, 3.63) is 12.2 Å². The number of ether oxygens (including phenoxy) is 3. The van der Waals surface area contributed by atoms with Crippen LogP contribution in [-0.2, 0) is 28.6 Å². The van der Waals surface area contributed by atoms with Crippen LogP contribution in [0.4, 0.5) is 0 Å². The second kappa shape index (κ2) is 15.0. The molecule has 0 saturated heterocycles. The van der Waals surface area contributed by atoms with E-state index in [9.17, 15) is 14.4 Å². The molecule has 0 amide bonds. The lowest BCUT2D eigenvalue weighted by Gasteiger charge is -2.21. The standard InChI is InChI=1S/C25H44O6/c1-24(2,3)18-30-22(27)17-20(23(28)31-19-25(4,5)6)15-13-11-9-8-10-12-14-16-21(26)29-7/h11,13,20H,8-10,12,14-19H2,1-7H3/b13-11+. The summed E-state index contributed by atoms with van der Waals surface area (Å²) in [5, 5.41) is 0. The van der Waals surface area contributed by atoms with E-state index in [1.807, 2.05) is 53.7 Å². The van der Waals surface area contributed by atoms with Crippen LogP contribution in [0.1, 0.15) is 92.9 Å². The van der Waals surface area contributed by atoms with E-state index in [-0.39, 0.29) is 35.2 Å². The molecule has 0 N–H and O–H groups in total. The predicted molar refractivity (Wildman–Crippen MR) is 122 cm³/mol. The van der Waals surface area contributed by atoms with Crippen molar-refractivity contribution < 1.29 is 28.6 Å². The molecular weight excluding hydrogens is 396 g/mol. The SMILES string of the molecule is COC(=O)CCCCCC/C=C/CC(CC(=O)OCC(C)(C)C)C(=O)OCC(C)(C)C. The molecule has 1 unspecified atom stereocenters. The maximum absolute atomic E-state index is 12.5. The van der Waals surface area contributed by atoms with Gasteiger partial charge in [0.15, 0.2) is 0 Å². The zero-order valence-corrected chi connectivity index (χ0v) is 20.8. The lowest BCUT2D eigenvalue weighted by Crippen LogP contribution is -2.27. The van der Waals surface area contributed by atoms with Gasteiger partial charge in [-0.05, 0) is 36.5 Å². The lowest BCUT2D eigenvalue weighted by molar-refractivity contribution is -0.157. The van der Waals surface area contributed by atoms with Gasteiger partial charge in [-0.1, -0.05) is 66.5 Å². The number of esters is 3. The Balaban J connectivity index is 4.49. The Hall–Kier alpha value is -1.85. The van der Waals surface area contributed by atoms with Crippen molar-refractivity contribution in [2.24, 2.45) is 16.7 Å². The van der Waals surface area contributed by atoms with Crippen LogP contribution in [0.2, 0.25) is 0 Å². The normalized spacial score (nSPS) is 13.1. The minimum absolute atomic E-state index is 0.0247. The molecule has 31 heavy (non-hydrogen) atoms. The predicted octanol–water partition coefficient (Wildman–Crippen LogP) is 5.63. The van der Waals surface area contributed by atoms with Crippen LogP contribution in [0.5, 0.6) is 0 Å². The molecule has 0 aromatic carbocycles. The van der Waals surface area contributed by atoms with Crippen molar-refractivity contribution >= 4 is 17.9 Å². The fourth-order valence-electron chi connectivity index (χ4n) is 2.59. The molecule has 6 heteroatoms. The van der Waals surface area contributed by atoms with Gasteiger partial charge in [-0.15, -0.1) is 0 Å². The van der Waals surface area contributed by atoms with Crippen molar-refractivity contribution in [2.45, 2.75) is 92.9 Å². The maximum Gasteiger partial charge on any atom is 0.309 e. The summed E-state index contributed by atoms with van der Waals surface area (Å²) >= 11 is 0. The first kappa shape index (κ1) is 29.1. The van der Waals surface area contributed by atoms with Gasteiger partial charge in [0.05, 0.1) is 32.7 Å². The molecule has 0 aromatic rings. The number of rotatable bonds is 14. The van der Waals surface area contributed by atoms with Crippen LogP contribution in [0.3, 0.4) is 0 Å². The van der Waals surface area contributed by atoms with Crippen LogP contribution in [0.15, 0.2) is 12.2 Å². The quantitative estimate of drug-likeness (QED) is 0.151. The number of unbranched alkanes of at least 4 members (excludes halogenated alkanes) is 4. The summed E-state index contributed by atoms with van der Waals surface area (Å²) in [5.41, 5.74) is -0.245. The van der Waals surface area contributed by atoms with E-state index in [0.29, 0.717) is 26.1 Å². The number of hydrogen-bond donors (Lipinski definition) is 0. The fourth-order valence-corrected chi connectivity index (χ4v) is 2.59. The van der Waals surface area contributed by atoms with Gasteiger partial charge in [0.2, 0.25) is 0 Å². The highest BCUT2D eigenvalue weighted by Crippen LogP contribution is 2.20. The summed E-state index contributed by atoms with van der Waals surface area (Å²) in [4.78, 5) is 35.8. The second-order valence-corrected chi connectivity index (χ2v) is 10.5. The minimum atomic E-state index is -0.536. The van der Waals surface area contributed by atoms with Gasteiger partial charge in [-0.25, -0.2) is 0 Å². The summed E-state index contributed by atoms with van der Waals surface area (Å²) in [5.74, 6) is -1.42. The van der Waals surface area contributed by atoms with E-state index in [2.05, 4.69) is 4.74 Å². The van der Waals surface area contributed by atoms with Crippen LogP contribution >= 0.6 is 0 Å². The van der Waals surface area contributed by atoms with Crippen molar-refractivity contribution in [1.29, 1.82) is 0 Å². The van der Waals surface area contributed by atoms with E-state index < -0.39 is 5.92 Å². The monoisotopic (exact) mass is 440 g/mol. The molecule has 0 aliphatic carbocycles. The van der Waals surface area contributed by atoms with E-state index in [1.165, 1.54) is 7.11 Å². The van der Waals surface area contributed by atoms with Crippen LogP contribution in [-0.4, -0.2) is 38.2 Å². The van der Waals surface area contributed by atoms with Crippen LogP contribution < -0.4 is 0 Å². The average Bonchev–Trinajstić information content (AvgIpc) is 2.66. The van der Waals surface area contributed by atoms with Crippen molar-refractivity contribution in [2.75, 3.05) is 20.3 Å². The highest BCUT2D eigenvalue weighted by atomic mass is 16.5. The Morgan fingerprint density at radius 1 is 0.774 bits per heavy atom. The average molecular weight is 441 g/mol. The minimum Gasteiger partial charge on any atom is -0.469 e. The first-order chi connectivity index (χ1) is 14.3. The van der Waals surface area contributed by atoms with Crippen molar-refractivity contribution in [3.8, 4) is 0 Å². The molecule has 0 radical (unpaired) electrons. The number of carbonyl (C=O) groups is 3. The third-order valence-corrected chi connectivity index (χ3v) is 4.38. The molecule has 0 bridgehead atoms. The molecule has 0 aliphatic heterocycles. The zero-order chi connectivity index (χ0) is 23.9. The summed E-state index contributed by atoms with van der Waals surface area (Å²) in [6, 6.07) is 0. The van der Waals surface area contributed by atoms with Gasteiger partial charge in [-0.2, -0.15) is 0 Å². The Morgan fingerprint density at radius 3 is 1.94 bits per heavy atom. The molecule has 180 valence electrons. The van der Waals surface area contributed by atoms with E-state index in [4.69, 9.17) is 9.47 Å². The Bertz CT molecular complexity index is 566. The van der Waals surface area contributed by atoms with Gasteiger partial charge < -0.3 is 14.2 Å². The highest BCUT2D eigenvalue weighted by molar-refractivity contribution is 5.80. The topological polar surface area (TPSA) is 78.9 Å². The third-order valence-electron chi connectivity index (χ3n) is 4.38. The number of allylic oxidation sites excluding steroid dienone is 2. The first-order valence-corrected chi connectivity index (χ1v) is 11.4. The molecule has 6 nitrogen and oxygen atoms in total. The van der Waals surface area contributed by atoms with Gasteiger partial charge >= 0.3 is 17.9 Å². The number of hydrogen-bond acceptors (Lipinski definition) is 6. The smallest absolute Gasteiger partial charge is 0.309 e. The molecule has 0 aromatic heterocycles. The van der Waals surface area contributed by atoms with Crippen LogP contribution in [0.25, 0.3) is 0 Å². The van der Waals surface area contributed by atoms with E-state index in [0.717, 1.165) is 32.1 Å². The summed E-state index contributed by atoms with van der Waals surface area (Å²) in [7, 11) is 1.41. The second-order valence-electron chi connectivity index (χ2n) is 10.5. The molecule has 0 fully saturated rings. The molecule has 1 atom stereocenters. The van der Waals surface area contributed by atoms with Gasteiger partial charge in [0, 0.05) is 6.42 Å². The maximum atomic E-state index is 12.5. The Labute approximate surface area is 189 Å². The number of methoxy groups -OCH3 is 1. The molecule has 0 spiro atoms. The first-order valence-electron chi connectivity index (χ1n) is 11.4. The van der Waals surface area contributed by atoms with Crippen molar-refractivity contribution in [1.82, 2.24) is 0 Å². The molecule has 0 aliphatic rings. The van der Waals surface area contributed by atoms with Crippen LogP contribution in [0, 0.1) is 16.7 Å². The molecule has 0 heterocycles. The summed E-state index contributed by atoms with van der Waals surface area (Å²) in [6.45, 7) is 12.6. The van der Waals surface area contributed by atoms with E-state index >= 15 is 0 Å². The highest BCUT2D eigenvalue weighted by Gasteiger charge is 2.25. The fraction of sp³-hybridized carbons (Fsp3) is 0.800. The molecule has 0 rings (SSSR count). The third kappa shape index (κ3) is 18.6. The number of carbonyl (C=O) groups excluding carboxylic acids is 3. The summed E-state index contributed by atoms with van der Waals surface area (Å²) in [6.07, 6.45) is 9.74. The van der Waals surface area contributed by atoms with E-state index in [1.54, 1.807) is 0 Å². The van der Waals surface area contributed by atoms with Gasteiger partial charge in [0.25, 0.3) is 0 Å². The van der Waals surface area contributed by atoms with Crippen molar-refractivity contribution in [3.63, 3.8) is 0 Å². The molecular formula is C25H44O6. The largest absolute Gasteiger partial charge is 0.469 e. The van der Waals surface area contributed by atoms with Gasteiger partial charge in [-0.3, -0.25) is 14.4 Å².